The minimum atomic E-state index is 0.0508. The molecule has 1 aliphatic rings. The van der Waals surface area contributed by atoms with Crippen molar-refractivity contribution in [3.05, 3.63) is 16.4 Å². The summed E-state index contributed by atoms with van der Waals surface area (Å²) in [6.45, 7) is 2.18. The van der Waals surface area contributed by atoms with E-state index in [-0.39, 0.29) is 11.7 Å². The van der Waals surface area contributed by atoms with Crippen LogP contribution >= 0.6 is 15.9 Å². The lowest BCUT2D eigenvalue weighted by molar-refractivity contribution is 0.0816. The summed E-state index contributed by atoms with van der Waals surface area (Å²) >= 11 is 3.48. The molecule has 0 aliphatic heterocycles. The molecule has 1 aliphatic carbocycles. The molecule has 1 aromatic heterocycles. The number of carbonyl (C=O) groups is 1. The molecule has 0 bridgehead atoms. The summed E-state index contributed by atoms with van der Waals surface area (Å²) in [5.41, 5.74) is 6.58. The average molecular weight is 357 g/mol. The number of rotatable bonds is 6. The highest BCUT2D eigenvalue weighted by Gasteiger charge is 2.33. The first-order valence-corrected chi connectivity index (χ1v) is 8.44. The van der Waals surface area contributed by atoms with Crippen LogP contribution in [0.15, 0.2) is 10.7 Å². The monoisotopic (exact) mass is 356 g/mol. The fourth-order valence-corrected chi connectivity index (χ4v) is 3.57. The third-order valence-electron chi connectivity index (χ3n) is 4.34. The van der Waals surface area contributed by atoms with Crippen LogP contribution in [0.25, 0.3) is 0 Å². The number of halogens is 1. The van der Waals surface area contributed by atoms with Crippen LogP contribution in [0.4, 0.5) is 0 Å². The number of ketones is 1. The van der Waals surface area contributed by atoms with E-state index in [9.17, 15) is 4.79 Å². The second-order valence-electron chi connectivity index (χ2n) is 6.12. The largest absolute Gasteiger partial charge is 0.330 e. The van der Waals surface area contributed by atoms with Gasteiger partial charge in [0.2, 0.25) is 0 Å². The summed E-state index contributed by atoms with van der Waals surface area (Å²) in [5.74, 6) is 0.568. The van der Waals surface area contributed by atoms with Gasteiger partial charge in [0.1, 0.15) is 5.69 Å². The van der Waals surface area contributed by atoms with Crippen LogP contribution in [-0.2, 0) is 6.54 Å². The van der Waals surface area contributed by atoms with E-state index in [4.69, 9.17) is 5.73 Å². The maximum Gasteiger partial charge on any atom is 0.185 e. The van der Waals surface area contributed by atoms with Crippen LogP contribution in [0, 0.1) is 11.8 Å². The molecule has 2 N–H and O–H groups in total. The summed E-state index contributed by atoms with van der Waals surface area (Å²) in [6, 6.07) is 0. The lowest BCUT2D eigenvalue weighted by Gasteiger charge is -2.29. The maximum atomic E-state index is 13.0. The van der Waals surface area contributed by atoms with E-state index < -0.39 is 0 Å². The van der Waals surface area contributed by atoms with Gasteiger partial charge in [-0.3, -0.25) is 9.48 Å². The number of nitrogens with zero attached hydrogens (tertiary/aromatic N) is 3. The topological polar surface area (TPSA) is 64.2 Å². The van der Waals surface area contributed by atoms with Gasteiger partial charge in [-0.1, -0.05) is 12.8 Å². The third-order valence-corrected chi connectivity index (χ3v) is 4.92. The predicted octanol–water partition coefficient (Wildman–Crippen LogP) is 2.15. The first-order valence-electron chi connectivity index (χ1n) is 7.65. The SMILES string of the molecule is CN(C)CCn1ncc(Br)c1C(=O)C1CCCCC1CN. The van der Waals surface area contributed by atoms with Crippen molar-refractivity contribution in [3.63, 3.8) is 0 Å². The Bertz CT molecular complexity index is 486. The van der Waals surface area contributed by atoms with Crippen LogP contribution in [0.5, 0.6) is 0 Å². The molecule has 0 saturated heterocycles. The third kappa shape index (κ3) is 3.93. The highest BCUT2D eigenvalue weighted by molar-refractivity contribution is 9.10. The number of hydrogen-bond donors (Lipinski definition) is 1. The van der Waals surface area contributed by atoms with Gasteiger partial charge in [0.25, 0.3) is 0 Å². The Morgan fingerprint density at radius 3 is 2.86 bits per heavy atom. The van der Waals surface area contributed by atoms with E-state index in [1.54, 1.807) is 6.20 Å². The number of carbonyl (C=O) groups excluding carboxylic acids is 1. The van der Waals surface area contributed by atoms with Gasteiger partial charge >= 0.3 is 0 Å². The molecule has 0 radical (unpaired) electrons. The van der Waals surface area contributed by atoms with E-state index in [2.05, 4.69) is 25.9 Å². The van der Waals surface area contributed by atoms with Crippen LogP contribution in [0.3, 0.4) is 0 Å². The molecular weight excluding hydrogens is 332 g/mol. The van der Waals surface area contributed by atoms with Crippen molar-refractivity contribution >= 4 is 21.7 Å². The molecule has 21 heavy (non-hydrogen) atoms. The quantitative estimate of drug-likeness (QED) is 0.793. The van der Waals surface area contributed by atoms with Crippen LogP contribution in [-0.4, -0.2) is 47.6 Å². The highest BCUT2D eigenvalue weighted by atomic mass is 79.9. The molecule has 5 nitrogen and oxygen atoms in total. The first-order chi connectivity index (χ1) is 10.0. The van der Waals surface area contributed by atoms with Gasteiger partial charge in [-0.15, -0.1) is 0 Å². The van der Waals surface area contributed by atoms with Crippen molar-refractivity contribution in [2.24, 2.45) is 17.6 Å². The molecule has 2 unspecified atom stereocenters. The van der Waals surface area contributed by atoms with Gasteiger partial charge in [-0.05, 0) is 55.3 Å². The van der Waals surface area contributed by atoms with E-state index >= 15 is 0 Å². The standard InChI is InChI=1S/C15H25BrN4O/c1-19(2)7-8-20-14(13(16)10-18-20)15(21)12-6-4-3-5-11(12)9-17/h10-12H,3-9,17H2,1-2H3. The van der Waals surface area contributed by atoms with Crippen molar-refractivity contribution in [3.8, 4) is 0 Å². The normalized spacial score (nSPS) is 22.7. The Morgan fingerprint density at radius 2 is 2.19 bits per heavy atom. The summed E-state index contributed by atoms with van der Waals surface area (Å²) in [6.07, 6.45) is 6.05. The van der Waals surface area contributed by atoms with Crippen LogP contribution < -0.4 is 5.73 Å². The van der Waals surface area contributed by atoms with Crippen molar-refractivity contribution in [2.45, 2.75) is 32.2 Å². The Kier molecular flexibility index (Phi) is 5.96. The van der Waals surface area contributed by atoms with Crippen molar-refractivity contribution in [1.29, 1.82) is 0 Å². The molecule has 1 saturated carbocycles. The van der Waals surface area contributed by atoms with Gasteiger partial charge in [-0.2, -0.15) is 5.10 Å². The Labute approximate surface area is 135 Å². The second-order valence-corrected chi connectivity index (χ2v) is 6.97. The lowest BCUT2D eigenvalue weighted by atomic mass is 9.76. The molecule has 6 heteroatoms. The highest BCUT2D eigenvalue weighted by Crippen LogP contribution is 2.33. The fourth-order valence-electron chi connectivity index (χ4n) is 3.08. The predicted molar refractivity (Wildman–Crippen MR) is 87.3 cm³/mol. The van der Waals surface area contributed by atoms with Gasteiger partial charge in [0.05, 0.1) is 17.2 Å². The van der Waals surface area contributed by atoms with Crippen molar-refractivity contribution < 1.29 is 4.79 Å². The molecule has 118 valence electrons. The fraction of sp³-hybridized carbons (Fsp3) is 0.733. The van der Waals surface area contributed by atoms with Crippen molar-refractivity contribution in [1.82, 2.24) is 14.7 Å². The number of aromatic nitrogens is 2. The first kappa shape index (κ1) is 16.6. The molecule has 1 heterocycles. The van der Waals surface area contributed by atoms with E-state index in [1.165, 1.54) is 6.42 Å². The summed E-state index contributed by atoms with van der Waals surface area (Å²) in [5, 5.41) is 4.35. The molecule has 1 fully saturated rings. The zero-order valence-electron chi connectivity index (χ0n) is 12.9. The zero-order valence-corrected chi connectivity index (χ0v) is 14.5. The summed E-state index contributed by atoms with van der Waals surface area (Å²) in [7, 11) is 4.04. The van der Waals surface area contributed by atoms with E-state index in [0.29, 0.717) is 18.2 Å². The summed E-state index contributed by atoms with van der Waals surface area (Å²) < 4.78 is 2.63. The Balaban J connectivity index is 2.19. The van der Waals surface area contributed by atoms with E-state index in [0.717, 1.165) is 36.8 Å². The number of likely N-dealkylation sites (N-methyl/N-ethyl adjacent to an activating group) is 1. The molecule has 0 aromatic carbocycles. The lowest BCUT2D eigenvalue weighted by Crippen LogP contribution is -2.34. The molecular formula is C15H25BrN4O. The van der Waals surface area contributed by atoms with Crippen LogP contribution in [0.2, 0.25) is 0 Å². The molecule has 1 aromatic rings. The molecule has 2 rings (SSSR count). The van der Waals surface area contributed by atoms with Crippen molar-refractivity contribution in [2.75, 3.05) is 27.2 Å². The molecule has 2 atom stereocenters. The van der Waals surface area contributed by atoms with Gasteiger partial charge in [0.15, 0.2) is 5.78 Å². The van der Waals surface area contributed by atoms with Gasteiger partial charge < -0.3 is 10.6 Å². The second kappa shape index (κ2) is 7.51. The molecule has 0 spiro atoms. The number of Topliss-reactive ketones (excluding diaryl/α,β-unsaturated/α-hetero) is 1. The smallest absolute Gasteiger partial charge is 0.185 e. The zero-order chi connectivity index (χ0) is 15.4. The minimum absolute atomic E-state index is 0.0508. The number of nitrogens with two attached hydrogens (primary N) is 1. The summed E-state index contributed by atoms with van der Waals surface area (Å²) in [4.78, 5) is 15.0. The van der Waals surface area contributed by atoms with E-state index in [1.807, 2.05) is 18.8 Å². The van der Waals surface area contributed by atoms with Crippen LogP contribution in [0.1, 0.15) is 36.2 Å². The minimum Gasteiger partial charge on any atom is -0.330 e. The van der Waals surface area contributed by atoms with Gasteiger partial charge in [-0.25, -0.2) is 0 Å². The average Bonchev–Trinajstić information content (AvgIpc) is 2.85. The number of hydrogen-bond acceptors (Lipinski definition) is 4. The Morgan fingerprint density at radius 1 is 1.48 bits per heavy atom. The maximum absolute atomic E-state index is 13.0. The molecule has 0 amide bonds. The Hall–Kier alpha value is -0.720. The van der Waals surface area contributed by atoms with Gasteiger partial charge in [0, 0.05) is 12.5 Å².